The van der Waals surface area contributed by atoms with Gasteiger partial charge in [0.2, 0.25) is 23.6 Å². The smallest absolute Gasteiger partial charge is 0.246 e. The SMILES string of the molecule is COc1ccc(CCN(CC(N)=O)C(=O)C2CC(=O)N(CCc3ccc(Cl)cc3Cl)CC(=O)N2CCC2=CC=C(F)CC2)cc1. The molecule has 1 fully saturated rings. The number of amides is 4. The molecule has 1 atom stereocenters. The number of rotatable bonds is 13. The van der Waals surface area contributed by atoms with Crippen molar-refractivity contribution >= 4 is 46.8 Å². The first-order chi connectivity index (χ1) is 21.5. The van der Waals surface area contributed by atoms with Crippen molar-refractivity contribution in [1.82, 2.24) is 14.7 Å². The minimum absolute atomic E-state index is 0.148. The first kappa shape index (κ1) is 34.0. The minimum Gasteiger partial charge on any atom is -0.497 e. The van der Waals surface area contributed by atoms with Crippen molar-refractivity contribution < 1.29 is 28.3 Å². The number of nitrogens with zero attached hydrogens (tertiary/aromatic N) is 3. The van der Waals surface area contributed by atoms with Crippen LogP contribution in [0, 0.1) is 0 Å². The Morgan fingerprint density at radius 1 is 1.00 bits per heavy atom. The first-order valence-electron chi connectivity index (χ1n) is 14.8. The molecule has 1 heterocycles. The summed E-state index contributed by atoms with van der Waals surface area (Å²) < 4.78 is 18.8. The maximum absolute atomic E-state index is 14.1. The zero-order valence-electron chi connectivity index (χ0n) is 25.1. The molecule has 9 nitrogen and oxygen atoms in total. The van der Waals surface area contributed by atoms with Gasteiger partial charge in [0.15, 0.2) is 0 Å². The number of methoxy groups -OCH3 is 1. The topological polar surface area (TPSA) is 113 Å². The zero-order valence-corrected chi connectivity index (χ0v) is 26.7. The summed E-state index contributed by atoms with van der Waals surface area (Å²) in [5.41, 5.74) is 8.14. The molecule has 2 aromatic rings. The molecule has 0 bridgehead atoms. The molecule has 2 aromatic carbocycles. The van der Waals surface area contributed by atoms with Crippen LogP contribution in [0.1, 0.15) is 36.8 Å². The third kappa shape index (κ3) is 9.55. The van der Waals surface area contributed by atoms with Gasteiger partial charge in [-0.15, -0.1) is 0 Å². The summed E-state index contributed by atoms with van der Waals surface area (Å²) in [6, 6.07) is 11.3. The zero-order chi connectivity index (χ0) is 32.5. The van der Waals surface area contributed by atoms with Crippen LogP contribution in [0.15, 0.2) is 66.0 Å². The molecule has 12 heteroatoms. The third-order valence-electron chi connectivity index (χ3n) is 8.04. The molecule has 1 saturated heterocycles. The van der Waals surface area contributed by atoms with E-state index in [1.807, 2.05) is 12.1 Å². The van der Waals surface area contributed by atoms with Crippen LogP contribution >= 0.6 is 23.2 Å². The second kappa shape index (κ2) is 15.9. The van der Waals surface area contributed by atoms with E-state index in [-0.39, 0.29) is 57.3 Å². The van der Waals surface area contributed by atoms with Crippen LogP contribution in [-0.4, -0.2) is 84.2 Å². The first-order valence-corrected chi connectivity index (χ1v) is 15.5. The van der Waals surface area contributed by atoms with Gasteiger partial charge < -0.3 is 25.2 Å². The van der Waals surface area contributed by atoms with E-state index < -0.39 is 23.8 Å². The van der Waals surface area contributed by atoms with E-state index in [2.05, 4.69) is 0 Å². The lowest BCUT2D eigenvalue weighted by Crippen LogP contribution is -2.53. The van der Waals surface area contributed by atoms with Gasteiger partial charge in [-0.2, -0.15) is 0 Å². The van der Waals surface area contributed by atoms with E-state index in [0.717, 1.165) is 16.7 Å². The number of hydrogen-bond acceptors (Lipinski definition) is 5. The van der Waals surface area contributed by atoms with Crippen molar-refractivity contribution in [3.8, 4) is 5.75 Å². The summed E-state index contributed by atoms with van der Waals surface area (Å²) >= 11 is 12.3. The van der Waals surface area contributed by atoms with Gasteiger partial charge in [-0.25, -0.2) is 4.39 Å². The average molecular weight is 660 g/mol. The molecule has 1 unspecified atom stereocenters. The highest BCUT2D eigenvalue weighted by atomic mass is 35.5. The molecular formula is C33H37Cl2FN4O5. The molecular weight excluding hydrogens is 622 g/mol. The highest BCUT2D eigenvalue weighted by Gasteiger charge is 2.39. The van der Waals surface area contributed by atoms with E-state index in [9.17, 15) is 23.6 Å². The lowest BCUT2D eigenvalue weighted by Gasteiger charge is -2.33. The Morgan fingerprint density at radius 2 is 1.76 bits per heavy atom. The number of halogens is 3. The van der Waals surface area contributed by atoms with Gasteiger partial charge in [-0.05, 0) is 67.2 Å². The Bertz CT molecular complexity index is 1480. The highest BCUT2D eigenvalue weighted by Crippen LogP contribution is 2.25. The number of hydrogen-bond donors (Lipinski definition) is 1. The Kier molecular flexibility index (Phi) is 12.0. The fourth-order valence-corrected chi connectivity index (χ4v) is 5.96. The average Bonchev–Trinajstić information content (AvgIpc) is 3.13. The van der Waals surface area contributed by atoms with Gasteiger partial charge in [0, 0.05) is 36.1 Å². The van der Waals surface area contributed by atoms with Crippen molar-refractivity contribution in [3.63, 3.8) is 0 Å². The second-order valence-corrected chi connectivity index (χ2v) is 12.0. The molecule has 0 spiro atoms. The number of nitrogens with two attached hydrogens (primary N) is 1. The number of carbonyl (C=O) groups excluding carboxylic acids is 4. The molecule has 45 heavy (non-hydrogen) atoms. The summed E-state index contributed by atoms with van der Waals surface area (Å²) in [5, 5.41) is 0.941. The molecule has 4 rings (SSSR count). The maximum Gasteiger partial charge on any atom is 0.246 e. The van der Waals surface area contributed by atoms with Gasteiger partial charge in [-0.3, -0.25) is 19.2 Å². The molecule has 240 valence electrons. The van der Waals surface area contributed by atoms with E-state index in [1.165, 1.54) is 20.8 Å². The minimum atomic E-state index is -1.14. The second-order valence-electron chi connectivity index (χ2n) is 11.1. The predicted molar refractivity (Wildman–Crippen MR) is 170 cm³/mol. The molecule has 1 aliphatic heterocycles. The van der Waals surface area contributed by atoms with Gasteiger partial charge in [0.05, 0.1) is 26.6 Å². The van der Waals surface area contributed by atoms with Crippen molar-refractivity contribution in [2.45, 2.75) is 44.6 Å². The van der Waals surface area contributed by atoms with Crippen LogP contribution in [-0.2, 0) is 32.0 Å². The lowest BCUT2D eigenvalue weighted by atomic mass is 10.0. The van der Waals surface area contributed by atoms with Gasteiger partial charge in [0.25, 0.3) is 0 Å². The van der Waals surface area contributed by atoms with Crippen molar-refractivity contribution in [2.75, 3.05) is 39.8 Å². The number of primary amides is 1. The van der Waals surface area contributed by atoms with Crippen molar-refractivity contribution in [1.29, 1.82) is 0 Å². The van der Waals surface area contributed by atoms with E-state index in [1.54, 1.807) is 43.5 Å². The van der Waals surface area contributed by atoms with E-state index in [0.29, 0.717) is 41.5 Å². The van der Waals surface area contributed by atoms with E-state index in [4.69, 9.17) is 33.7 Å². The monoisotopic (exact) mass is 658 g/mol. The summed E-state index contributed by atoms with van der Waals surface area (Å²) in [6.07, 6.45) is 4.83. The van der Waals surface area contributed by atoms with Crippen LogP contribution < -0.4 is 10.5 Å². The summed E-state index contributed by atoms with van der Waals surface area (Å²) in [5.74, 6) is -1.53. The number of allylic oxidation sites excluding steroid dienone is 3. The van der Waals surface area contributed by atoms with Crippen LogP contribution in [0.25, 0.3) is 0 Å². The molecule has 2 N–H and O–H groups in total. The summed E-state index contributed by atoms with van der Waals surface area (Å²) in [7, 11) is 1.57. The molecule has 1 aliphatic carbocycles. The Morgan fingerprint density at radius 3 is 2.40 bits per heavy atom. The Labute approximate surface area is 272 Å². The third-order valence-corrected chi connectivity index (χ3v) is 8.63. The maximum atomic E-state index is 14.1. The fourth-order valence-electron chi connectivity index (χ4n) is 5.46. The summed E-state index contributed by atoms with van der Waals surface area (Å²) in [4.78, 5) is 57.6. The fraction of sp³-hybridized carbons (Fsp3) is 0.394. The molecule has 0 saturated carbocycles. The number of ether oxygens (including phenoxy) is 1. The van der Waals surface area contributed by atoms with Crippen LogP contribution in [0.5, 0.6) is 5.75 Å². The predicted octanol–water partition coefficient (Wildman–Crippen LogP) is 4.49. The summed E-state index contributed by atoms with van der Waals surface area (Å²) in [6.45, 7) is -0.0739. The Hall–Kier alpha value is -3.89. The standard InChI is InChI=1S/C33H37Cl2FN4O5/c1-45-27-10-4-23(5-11-27)12-15-39(20-30(37)41)33(44)29-19-31(42)38(16-14-24-6-7-25(34)18-28(24)35)21-32(43)40(29)17-13-22-2-8-26(36)9-3-22/h2,4-8,10-11,18,29H,3,9,12-17,19-21H2,1H3,(H2,37,41). The largest absolute Gasteiger partial charge is 0.497 e. The number of carbonyl (C=O) groups is 4. The van der Waals surface area contributed by atoms with Crippen molar-refractivity contribution in [2.24, 2.45) is 5.73 Å². The molecule has 4 amide bonds. The molecule has 2 aliphatic rings. The van der Waals surface area contributed by atoms with Crippen LogP contribution in [0.2, 0.25) is 10.0 Å². The molecule has 0 aromatic heterocycles. The van der Waals surface area contributed by atoms with Crippen molar-refractivity contribution in [3.05, 3.63) is 87.2 Å². The highest BCUT2D eigenvalue weighted by molar-refractivity contribution is 6.35. The lowest BCUT2D eigenvalue weighted by molar-refractivity contribution is -0.146. The van der Waals surface area contributed by atoms with E-state index >= 15 is 0 Å². The van der Waals surface area contributed by atoms with Gasteiger partial charge in [0.1, 0.15) is 17.6 Å². The Balaban J connectivity index is 1.56. The van der Waals surface area contributed by atoms with Crippen LogP contribution in [0.3, 0.4) is 0 Å². The quantitative estimate of drug-likeness (QED) is 0.341. The van der Waals surface area contributed by atoms with Gasteiger partial charge in [-0.1, -0.05) is 53.1 Å². The number of benzene rings is 2. The van der Waals surface area contributed by atoms with Crippen LogP contribution in [0.4, 0.5) is 4.39 Å². The normalized spacial score (nSPS) is 17.0. The van der Waals surface area contributed by atoms with Gasteiger partial charge >= 0.3 is 0 Å². The molecule has 0 radical (unpaired) electrons.